The van der Waals surface area contributed by atoms with Crippen LogP contribution in [0.3, 0.4) is 0 Å². The van der Waals surface area contributed by atoms with Gasteiger partial charge in [-0.05, 0) is 30.7 Å². The van der Waals surface area contributed by atoms with Crippen molar-refractivity contribution in [1.29, 1.82) is 0 Å². The second-order valence-electron chi connectivity index (χ2n) is 5.87. The third-order valence-corrected chi connectivity index (χ3v) is 5.48. The number of pyridine rings is 1. The highest BCUT2D eigenvalue weighted by Crippen LogP contribution is 2.25. The minimum Gasteiger partial charge on any atom is -0.495 e. The first kappa shape index (κ1) is 19.7. The van der Waals surface area contributed by atoms with Gasteiger partial charge in [0, 0.05) is 26.4 Å². The number of nitrogens with one attached hydrogen (secondary N) is 1. The van der Waals surface area contributed by atoms with Crippen LogP contribution in [-0.2, 0) is 21.4 Å². The maximum atomic E-state index is 12.3. The van der Waals surface area contributed by atoms with E-state index in [1.807, 2.05) is 13.0 Å². The van der Waals surface area contributed by atoms with Crippen LogP contribution in [-0.4, -0.2) is 44.4 Å². The van der Waals surface area contributed by atoms with Gasteiger partial charge in [-0.3, -0.25) is 9.59 Å². The zero-order valence-corrected chi connectivity index (χ0v) is 15.8. The molecule has 0 fully saturated rings. The van der Waals surface area contributed by atoms with Crippen LogP contribution in [0.5, 0.6) is 5.75 Å². The number of hydrogen-bond acceptors (Lipinski definition) is 5. The van der Waals surface area contributed by atoms with Gasteiger partial charge >= 0.3 is 0 Å². The predicted molar refractivity (Wildman–Crippen MR) is 97.9 cm³/mol. The Hall–Kier alpha value is -2.65. The van der Waals surface area contributed by atoms with E-state index in [-0.39, 0.29) is 11.4 Å². The molecule has 140 valence electrons. The normalized spacial score (nSPS) is 11.4. The second kappa shape index (κ2) is 7.71. The highest BCUT2D eigenvalue weighted by Gasteiger charge is 2.19. The first-order chi connectivity index (χ1) is 12.1. The van der Waals surface area contributed by atoms with Crippen molar-refractivity contribution in [2.45, 2.75) is 18.4 Å². The van der Waals surface area contributed by atoms with Gasteiger partial charge in [-0.25, -0.2) is 12.7 Å². The SMILES string of the molecule is COc1ccc(C)cc1NC(=O)Cn1cc(S(=O)(=O)N(C)C)ccc1=O. The standard InChI is InChI=1S/C17H21N3O5S/c1-12-5-7-15(25-4)14(9-12)18-16(21)11-20-10-13(6-8-17(20)22)26(23,24)19(2)3/h5-10H,11H2,1-4H3,(H,18,21). The molecule has 0 unspecified atom stereocenters. The lowest BCUT2D eigenvalue weighted by molar-refractivity contribution is -0.116. The summed E-state index contributed by atoms with van der Waals surface area (Å²) in [4.78, 5) is 24.2. The van der Waals surface area contributed by atoms with Gasteiger partial charge < -0.3 is 14.6 Å². The third kappa shape index (κ3) is 4.30. The van der Waals surface area contributed by atoms with Crippen molar-refractivity contribution in [3.8, 4) is 5.75 Å². The molecule has 0 spiro atoms. The Bertz CT molecular complexity index is 980. The molecule has 0 radical (unpaired) electrons. The molecule has 9 heteroatoms. The Morgan fingerprint density at radius 1 is 1.23 bits per heavy atom. The monoisotopic (exact) mass is 379 g/mol. The van der Waals surface area contributed by atoms with Crippen LogP contribution >= 0.6 is 0 Å². The topological polar surface area (TPSA) is 97.7 Å². The molecule has 1 amide bonds. The van der Waals surface area contributed by atoms with Crippen molar-refractivity contribution >= 4 is 21.6 Å². The molecule has 0 aliphatic rings. The van der Waals surface area contributed by atoms with E-state index in [1.165, 1.54) is 27.3 Å². The maximum Gasteiger partial charge on any atom is 0.251 e. The zero-order valence-electron chi connectivity index (χ0n) is 15.0. The van der Waals surface area contributed by atoms with E-state index in [0.29, 0.717) is 11.4 Å². The predicted octanol–water partition coefficient (Wildman–Crippen LogP) is 1.05. The van der Waals surface area contributed by atoms with Crippen molar-refractivity contribution in [1.82, 2.24) is 8.87 Å². The van der Waals surface area contributed by atoms with Crippen molar-refractivity contribution < 1.29 is 17.9 Å². The van der Waals surface area contributed by atoms with E-state index in [4.69, 9.17) is 4.74 Å². The number of rotatable bonds is 6. The lowest BCUT2D eigenvalue weighted by Crippen LogP contribution is -2.29. The molecule has 0 atom stereocenters. The molecule has 1 heterocycles. The zero-order chi connectivity index (χ0) is 19.5. The molecule has 0 aliphatic carbocycles. The Kier molecular flexibility index (Phi) is 5.83. The molecule has 8 nitrogen and oxygen atoms in total. The van der Waals surface area contributed by atoms with Crippen LogP contribution in [0.15, 0.2) is 46.2 Å². The molecular formula is C17H21N3O5S. The number of carbonyl (C=O) groups is 1. The number of ether oxygens (including phenoxy) is 1. The van der Waals surface area contributed by atoms with Crippen LogP contribution in [0.25, 0.3) is 0 Å². The fraction of sp³-hybridized carbons (Fsp3) is 0.294. The van der Waals surface area contributed by atoms with Crippen LogP contribution in [0, 0.1) is 6.92 Å². The molecule has 26 heavy (non-hydrogen) atoms. The van der Waals surface area contributed by atoms with Crippen LogP contribution in [0.4, 0.5) is 5.69 Å². The number of aryl methyl sites for hydroxylation is 1. The first-order valence-electron chi connectivity index (χ1n) is 7.72. The lowest BCUT2D eigenvalue weighted by atomic mass is 10.2. The Morgan fingerprint density at radius 3 is 2.54 bits per heavy atom. The van der Waals surface area contributed by atoms with Gasteiger partial charge in [-0.1, -0.05) is 6.07 Å². The van der Waals surface area contributed by atoms with Gasteiger partial charge in [0.1, 0.15) is 12.3 Å². The Morgan fingerprint density at radius 2 is 1.92 bits per heavy atom. The van der Waals surface area contributed by atoms with Gasteiger partial charge in [0.05, 0.1) is 17.7 Å². The molecule has 1 aromatic carbocycles. The number of sulfonamides is 1. The van der Waals surface area contributed by atoms with Crippen molar-refractivity contribution in [3.63, 3.8) is 0 Å². The molecule has 0 aliphatic heterocycles. The van der Waals surface area contributed by atoms with Crippen LogP contribution in [0.1, 0.15) is 5.56 Å². The van der Waals surface area contributed by atoms with E-state index in [1.54, 1.807) is 12.1 Å². The molecule has 2 rings (SSSR count). The van der Waals surface area contributed by atoms with E-state index >= 15 is 0 Å². The van der Waals surface area contributed by atoms with Crippen LogP contribution < -0.4 is 15.6 Å². The summed E-state index contributed by atoms with van der Waals surface area (Å²) in [6.45, 7) is 1.54. The van der Waals surface area contributed by atoms with Gasteiger partial charge in [0.2, 0.25) is 15.9 Å². The molecular weight excluding hydrogens is 358 g/mol. The third-order valence-electron chi connectivity index (χ3n) is 3.68. The number of carbonyl (C=O) groups excluding carboxylic acids is 1. The van der Waals surface area contributed by atoms with Gasteiger partial charge in [-0.15, -0.1) is 0 Å². The number of methoxy groups -OCH3 is 1. The smallest absolute Gasteiger partial charge is 0.251 e. The highest BCUT2D eigenvalue weighted by atomic mass is 32.2. The van der Waals surface area contributed by atoms with Gasteiger partial charge in [-0.2, -0.15) is 0 Å². The largest absolute Gasteiger partial charge is 0.495 e. The fourth-order valence-corrected chi connectivity index (χ4v) is 3.18. The van der Waals surface area contributed by atoms with E-state index in [2.05, 4.69) is 5.32 Å². The summed E-state index contributed by atoms with van der Waals surface area (Å²) >= 11 is 0. The second-order valence-corrected chi connectivity index (χ2v) is 8.02. The van der Waals surface area contributed by atoms with E-state index in [9.17, 15) is 18.0 Å². The molecule has 1 aromatic heterocycles. The average molecular weight is 379 g/mol. The summed E-state index contributed by atoms with van der Waals surface area (Å²) in [6, 6.07) is 7.65. The minimum absolute atomic E-state index is 0.0666. The Labute approximate surface area is 152 Å². The summed E-state index contributed by atoms with van der Waals surface area (Å²) in [7, 11) is 0.562. The van der Waals surface area contributed by atoms with Crippen LogP contribution in [0.2, 0.25) is 0 Å². The Balaban J connectivity index is 2.27. The molecule has 2 aromatic rings. The first-order valence-corrected chi connectivity index (χ1v) is 9.16. The van der Waals surface area contributed by atoms with Crippen molar-refractivity contribution in [2.24, 2.45) is 0 Å². The summed E-state index contributed by atoms with van der Waals surface area (Å²) in [5.74, 6) is 0.00985. The molecule has 0 saturated heterocycles. The van der Waals surface area contributed by atoms with Crippen molar-refractivity contribution in [2.75, 3.05) is 26.5 Å². The van der Waals surface area contributed by atoms with Crippen molar-refractivity contribution in [3.05, 3.63) is 52.4 Å². The van der Waals surface area contributed by atoms with Gasteiger partial charge in [0.15, 0.2) is 0 Å². The number of hydrogen-bond donors (Lipinski definition) is 1. The summed E-state index contributed by atoms with van der Waals surface area (Å²) in [5, 5.41) is 2.68. The number of nitrogens with zero attached hydrogens (tertiary/aromatic N) is 2. The lowest BCUT2D eigenvalue weighted by Gasteiger charge is -2.14. The molecule has 0 bridgehead atoms. The van der Waals surface area contributed by atoms with E-state index < -0.39 is 21.5 Å². The molecule has 1 N–H and O–H groups in total. The number of amides is 1. The number of anilines is 1. The quantitative estimate of drug-likeness (QED) is 0.809. The minimum atomic E-state index is -3.71. The summed E-state index contributed by atoms with van der Waals surface area (Å²) in [6.07, 6.45) is 1.16. The average Bonchev–Trinajstić information content (AvgIpc) is 2.56. The maximum absolute atomic E-state index is 12.3. The summed E-state index contributed by atoms with van der Waals surface area (Å²) < 4.78 is 31.7. The summed E-state index contributed by atoms with van der Waals surface area (Å²) in [5.41, 5.74) is 0.925. The van der Waals surface area contributed by atoms with Gasteiger partial charge in [0.25, 0.3) is 5.56 Å². The number of aromatic nitrogens is 1. The highest BCUT2D eigenvalue weighted by molar-refractivity contribution is 7.89. The fourth-order valence-electron chi connectivity index (χ4n) is 2.26. The van der Waals surface area contributed by atoms with E-state index in [0.717, 1.165) is 26.7 Å². The number of benzene rings is 1. The molecule has 0 saturated carbocycles.